The Labute approximate surface area is 103 Å². The number of benzene rings is 1. The van der Waals surface area contributed by atoms with Gasteiger partial charge >= 0.3 is 0 Å². The lowest BCUT2D eigenvalue weighted by Crippen LogP contribution is -1.93. The third-order valence-corrected chi connectivity index (χ3v) is 2.75. The predicted octanol–water partition coefficient (Wildman–Crippen LogP) is 4.26. The van der Waals surface area contributed by atoms with E-state index in [0.29, 0.717) is 10.9 Å². The average Bonchev–Trinajstić information content (AvgIpc) is 2.29. The number of hydrogen-bond acceptors (Lipinski definition) is 1. The quantitative estimate of drug-likeness (QED) is 0.713. The van der Waals surface area contributed by atoms with Crippen LogP contribution in [-0.2, 0) is 0 Å². The van der Waals surface area contributed by atoms with Crippen molar-refractivity contribution in [2.75, 3.05) is 7.11 Å². The highest BCUT2D eigenvalue weighted by Crippen LogP contribution is 2.29. The Morgan fingerprint density at radius 1 is 1.38 bits per heavy atom. The van der Waals surface area contributed by atoms with Crippen LogP contribution in [0.5, 0.6) is 5.75 Å². The standard InChI is InChI=1S/C14H17ClO/c1-4-5-6-7-11(2)12-8-9-14(16-3)13(15)10-12/h8-11H,4,7H2,1-3H3. The van der Waals surface area contributed by atoms with Crippen LogP contribution in [0.4, 0.5) is 0 Å². The van der Waals surface area contributed by atoms with Crippen LogP contribution in [0.1, 0.15) is 38.2 Å². The molecule has 86 valence electrons. The van der Waals surface area contributed by atoms with Crippen molar-refractivity contribution in [3.8, 4) is 17.6 Å². The first-order valence-electron chi connectivity index (χ1n) is 5.48. The number of halogens is 1. The molecule has 0 radical (unpaired) electrons. The van der Waals surface area contributed by atoms with Crippen LogP contribution in [0.3, 0.4) is 0 Å². The second-order valence-electron chi connectivity index (χ2n) is 3.71. The third kappa shape index (κ3) is 3.47. The topological polar surface area (TPSA) is 9.23 Å². The van der Waals surface area contributed by atoms with Gasteiger partial charge in [-0.3, -0.25) is 0 Å². The van der Waals surface area contributed by atoms with Crippen LogP contribution in [-0.4, -0.2) is 7.11 Å². The Hall–Kier alpha value is -1.13. The molecule has 0 aliphatic carbocycles. The van der Waals surface area contributed by atoms with Gasteiger partial charge in [-0.2, -0.15) is 0 Å². The highest BCUT2D eigenvalue weighted by Gasteiger charge is 2.07. The molecule has 0 amide bonds. The zero-order valence-electron chi connectivity index (χ0n) is 10.0. The predicted molar refractivity (Wildman–Crippen MR) is 69.1 cm³/mol. The van der Waals surface area contributed by atoms with Crippen molar-refractivity contribution in [2.24, 2.45) is 0 Å². The average molecular weight is 237 g/mol. The molecule has 1 atom stereocenters. The van der Waals surface area contributed by atoms with Crippen LogP contribution in [0.15, 0.2) is 18.2 Å². The minimum Gasteiger partial charge on any atom is -0.495 e. The van der Waals surface area contributed by atoms with Crippen LogP contribution in [0.25, 0.3) is 0 Å². The van der Waals surface area contributed by atoms with Crippen molar-refractivity contribution < 1.29 is 4.74 Å². The molecule has 0 aromatic heterocycles. The summed E-state index contributed by atoms with van der Waals surface area (Å²) in [6.45, 7) is 4.21. The fourth-order valence-corrected chi connectivity index (χ4v) is 1.72. The summed E-state index contributed by atoms with van der Waals surface area (Å²) in [5.41, 5.74) is 1.20. The molecule has 0 aliphatic heterocycles. The van der Waals surface area contributed by atoms with E-state index in [1.165, 1.54) is 5.56 Å². The summed E-state index contributed by atoms with van der Waals surface area (Å²) < 4.78 is 5.12. The van der Waals surface area contributed by atoms with Crippen molar-refractivity contribution in [1.82, 2.24) is 0 Å². The molecule has 0 fully saturated rings. The summed E-state index contributed by atoms with van der Waals surface area (Å²) in [5, 5.41) is 0.662. The highest BCUT2D eigenvalue weighted by atomic mass is 35.5. The van der Waals surface area contributed by atoms with E-state index in [1.54, 1.807) is 7.11 Å². The van der Waals surface area contributed by atoms with Crippen molar-refractivity contribution in [2.45, 2.75) is 32.6 Å². The van der Waals surface area contributed by atoms with Gasteiger partial charge in [-0.25, -0.2) is 0 Å². The van der Waals surface area contributed by atoms with Gasteiger partial charge in [0.2, 0.25) is 0 Å². The van der Waals surface area contributed by atoms with E-state index in [1.807, 2.05) is 18.2 Å². The van der Waals surface area contributed by atoms with E-state index in [0.717, 1.165) is 18.6 Å². The van der Waals surface area contributed by atoms with Crippen LogP contribution in [0.2, 0.25) is 5.02 Å². The molecule has 0 aliphatic rings. The Morgan fingerprint density at radius 2 is 2.12 bits per heavy atom. The largest absolute Gasteiger partial charge is 0.495 e. The smallest absolute Gasteiger partial charge is 0.137 e. The van der Waals surface area contributed by atoms with Gasteiger partial charge in [0.05, 0.1) is 12.1 Å². The molecular formula is C14H17ClO. The molecular weight excluding hydrogens is 220 g/mol. The Morgan fingerprint density at radius 3 is 2.69 bits per heavy atom. The van der Waals surface area contributed by atoms with E-state index >= 15 is 0 Å². The molecule has 1 unspecified atom stereocenters. The van der Waals surface area contributed by atoms with E-state index in [-0.39, 0.29) is 0 Å². The van der Waals surface area contributed by atoms with Crippen molar-refractivity contribution in [3.63, 3.8) is 0 Å². The third-order valence-electron chi connectivity index (χ3n) is 2.45. The fraction of sp³-hybridized carbons (Fsp3) is 0.429. The minimum absolute atomic E-state index is 0.405. The molecule has 2 heteroatoms. The fourth-order valence-electron chi connectivity index (χ4n) is 1.46. The minimum atomic E-state index is 0.405. The second-order valence-corrected chi connectivity index (χ2v) is 4.11. The highest BCUT2D eigenvalue weighted by molar-refractivity contribution is 6.32. The van der Waals surface area contributed by atoms with Gasteiger partial charge in [0.15, 0.2) is 0 Å². The molecule has 1 aromatic rings. The Bertz CT molecular complexity index is 401. The van der Waals surface area contributed by atoms with Crippen molar-refractivity contribution >= 4 is 11.6 Å². The molecule has 0 saturated carbocycles. The zero-order valence-corrected chi connectivity index (χ0v) is 10.8. The lowest BCUT2D eigenvalue weighted by molar-refractivity contribution is 0.415. The summed E-state index contributed by atoms with van der Waals surface area (Å²) in [7, 11) is 1.62. The second kappa shape index (κ2) is 6.45. The Balaban J connectivity index is 2.76. The summed E-state index contributed by atoms with van der Waals surface area (Å²) >= 11 is 6.07. The summed E-state index contributed by atoms with van der Waals surface area (Å²) in [5.74, 6) is 7.36. The first kappa shape index (κ1) is 12.9. The molecule has 1 rings (SSSR count). The van der Waals surface area contributed by atoms with Gasteiger partial charge < -0.3 is 4.74 Å². The Kier molecular flexibility index (Phi) is 5.22. The van der Waals surface area contributed by atoms with Gasteiger partial charge in [-0.15, -0.1) is 11.8 Å². The van der Waals surface area contributed by atoms with Gasteiger partial charge in [-0.05, 0) is 23.6 Å². The lowest BCUT2D eigenvalue weighted by atomic mass is 9.98. The number of methoxy groups -OCH3 is 1. The number of ether oxygens (including phenoxy) is 1. The van der Waals surface area contributed by atoms with Crippen LogP contribution >= 0.6 is 11.6 Å². The molecule has 0 bridgehead atoms. The maximum atomic E-state index is 6.07. The van der Waals surface area contributed by atoms with Gasteiger partial charge in [-0.1, -0.05) is 31.5 Å². The maximum Gasteiger partial charge on any atom is 0.137 e. The zero-order chi connectivity index (χ0) is 12.0. The SMILES string of the molecule is CCC#CCC(C)c1ccc(OC)c(Cl)c1. The first-order chi connectivity index (χ1) is 7.69. The van der Waals surface area contributed by atoms with Gasteiger partial charge in [0, 0.05) is 12.8 Å². The molecule has 0 saturated heterocycles. The van der Waals surface area contributed by atoms with E-state index < -0.39 is 0 Å². The molecule has 1 nitrogen and oxygen atoms in total. The van der Waals surface area contributed by atoms with Crippen molar-refractivity contribution in [3.05, 3.63) is 28.8 Å². The van der Waals surface area contributed by atoms with E-state index in [2.05, 4.69) is 25.7 Å². The van der Waals surface area contributed by atoms with Gasteiger partial charge in [0.1, 0.15) is 5.75 Å². The number of rotatable bonds is 3. The van der Waals surface area contributed by atoms with Crippen molar-refractivity contribution in [1.29, 1.82) is 0 Å². The van der Waals surface area contributed by atoms with E-state index in [4.69, 9.17) is 16.3 Å². The summed E-state index contributed by atoms with van der Waals surface area (Å²) in [4.78, 5) is 0. The molecule has 16 heavy (non-hydrogen) atoms. The number of hydrogen-bond donors (Lipinski definition) is 0. The lowest BCUT2D eigenvalue weighted by Gasteiger charge is -2.10. The molecule has 0 heterocycles. The van der Waals surface area contributed by atoms with Crippen LogP contribution in [0, 0.1) is 11.8 Å². The van der Waals surface area contributed by atoms with Crippen LogP contribution < -0.4 is 4.74 Å². The molecule has 1 aromatic carbocycles. The molecule has 0 spiro atoms. The summed E-state index contributed by atoms with van der Waals surface area (Å²) in [6, 6.07) is 5.91. The normalized spacial score (nSPS) is 11.5. The maximum absolute atomic E-state index is 6.07. The van der Waals surface area contributed by atoms with E-state index in [9.17, 15) is 0 Å². The summed E-state index contributed by atoms with van der Waals surface area (Å²) in [6.07, 6.45) is 1.78. The molecule has 0 N–H and O–H groups in total. The monoisotopic (exact) mass is 236 g/mol. The first-order valence-corrected chi connectivity index (χ1v) is 5.86. The van der Waals surface area contributed by atoms with Gasteiger partial charge in [0.25, 0.3) is 0 Å².